The molecular weight excluding hydrogens is 627 g/mol. The number of hydrogen-bond donors (Lipinski definition) is 1. The summed E-state index contributed by atoms with van der Waals surface area (Å²) >= 11 is 0. The molecule has 9 aliphatic rings. The molecule has 0 aromatic heterocycles. The SMILES string of the molecule is C/C=C\C=C\C1C=CC=C(C2CCC(C3=CC=C(C4CC5CCCCC5C5=C4CCCC5)CC3NC3C=C[C@H]4CCC=CC4C3)=C3C=CCCC32)C1. The molecule has 0 aliphatic heterocycles. The maximum Gasteiger partial charge on any atom is 0.0365 e. The lowest BCUT2D eigenvalue weighted by Gasteiger charge is -2.46. The number of nitrogens with one attached hydrogen (secondary N) is 1. The van der Waals surface area contributed by atoms with Crippen molar-refractivity contribution in [3.8, 4) is 0 Å². The molecule has 1 nitrogen and oxygen atoms in total. The van der Waals surface area contributed by atoms with Gasteiger partial charge in [0.05, 0.1) is 0 Å². The van der Waals surface area contributed by atoms with Crippen molar-refractivity contribution >= 4 is 0 Å². The molecule has 274 valence electrons. The molecule has 0 bridgehead atoms. The third-order valence-corrected chi connectivity index (χ3v) is 15.2. The van der Waals surface area contributed by atoms with Crippen LogP contribution in [0.4, 0.5) is 0 Å². The van der Waals surface area contributed by atoms with Crippen molar-refractivity contribution in [3.63, 3.8) is 0 Å². The zero-order valence-corrected chi connectivity index (χ0v) is 32.2. The van der Waals surface area contributed by atoms with Gasteiger partial charge in [-0.15, -0.1) is 0 Å². The van der Waals surface area contributed by atoms with Crippen molar-refractivity contribution in [2.24, 2.45) is 47.3 Å². The molecule has 1 saturated carbocycles. The Morgan fingerprint density at radius 1 is 0.673 bits per heavy atom. The molecule has 1 heteroatoms. The van der Waals surface area contributed by atoms with E-state index in [1.54, 1.807) is 27.9 Å². The summed E-state index contributed by atoms with van der Waals surface area (Å²) in [5.41, 5.74) is 12.3. The van der Waals surface area contributed by atoms with Crippen LogP contribution in [0.3, 0.4) is 0 Å². The highest BCUT2D eigenvalue weighted by atomic mass is 15.0. The van der Waals surface area contributed by atoms with Crippen LogP contribution in [0.25, 0.3) is 0 Å². The summed E-state index contributed by atoms with van der Waals surface area (Å²) in [7, 11) is 0. The lowest BCUT2D eigenvalue weighted by atomic mass is 9.59. The Labute approximate surface area is 316 Å². The predicted molar refractivity (Wildman–Crippen MR) is 221 cm³/mol. The van der Waals surface area contributed by atoms with Gasteiger partial charge in [0.2, 0.25) is 0 Å². The Balaban J connectivity index is 1.05. The third-order valence-electron chi connectivity index (χ3n) is 15.2. The average molecular weight is 692 g/mol. The van der Waals surface area contributed by atoms with Crippen LogP contribution in [0.1, 0.15) is 122 Å². The van der Waals surface area contributed by atoms with E-state index in [1.165, 1.54) is 116 Å². The maximum atomic E-state index is 4.40. The Kier molecular flexibility index (Phi) is 10.6. The summed E-state index contributed by atoms with van der Waals surface area (Å²) < 4.78 is 0. The van der Waals surface area contributed by atoms with Gasteiger partial charge in [0, 0.05) is 18.0 Å². The monoisotopic (exact) mass is 692 g/mol. The van der Waals surface area contributed by atoms with Crippen molar-refractivity contribution in [2.75, 3.05) is 0 Å². The van der Waals surface area contributed by atoms with Gasteiger partial charge in [-0.05, 0) is 168 Å². The first-order chi connectivity index (χ1) is 25.7. The van der Waals surface area contributed by atoms with Gasteiger partial charge in [0.15, 0.2) is 0 Å². The summed E-state index contributed by atoms with van der Waals surface area (Å²) in [5.74, 6) is 5.84. The molecule has 1 N–H and O–H groups in total. The molecular formula is C51H65N. The number of rotatable bonds is 7. The minimum atomic E-state index is 0.406. The maximum absolute atomic E-state index is 4.40. The number of allylic oxidation sites excluding steroid dienone is 18. The van der Waals surface area contributed by atoms with Crippen molar-refractivity contribution in [1.82, 2.24) is 5.32 Å². The molecule has 52 heavy (non-hydrogen) atoms. The number of fused-ring (bicyclic) bond motifs is 4. The summed E-state index contributed by atoms with van der Waals surface area (Å²) in [6.45, 7) is 2.11. The molecule has 0 saturated heterocycles. The largest absolute Gasteiger partial charge is 0.303 e. The molecule has 0 aromatic rings. The molecule has 0 amide bonds. The molecule has 9 unspecified atom stereocenters. The Morgan fingerprint density at radius 3 is 2.52 bits per heavy atom. The van der Waals surface area contributed by atoms with Gasteiger partial charge in [-0.3, -0.25) is 0 Å². The van der Waals surface area contributed by atoms with Crippen molar-refractivity contribution in [1.29, 1.82) is 0 Å². The second kappa shape index (κ2) is 15.8. The van der Waals surface area contributed by atoms with Crippen LogP contribution in [0.2, 0.25) is 0 Å². The average Bonchev–Trinajstić information content (AvgIpc) is 3.20. The highest BCUT2D eigenvalue weighted by molar-refractivity contribution is 5.52. The van der Waals surface area contributed by atoms with Gasteiger partial charge >= 0.3 is 0 Å². The normalized spacial score (nSPS) is 38.8. The van der Waals surface area contributed by atoms with Crippen LogP contribution in [-0.4, -0.2) is 12.1 Å². The predicted octanol–water partition coefficient (Wildman–Crippen LogP) is 13.1. The van der Waals surface area contributed by atoms with Gasteiger partial charge in [-0.2, -0.15) is 0 Å². The van der Waals surface area contributed by atoms with E-state index in [2.05, 4.69) is 103 Å². The van der Waals surface area contributed by atoms with E-state index in [4.69, 9.17) is 0 Å². The minimum Gasteiger partial charge on any atom is -0.303 e. The number of hydrogen-bond acceptors (Lipinski definition) is 1. The van der Waals surface area contributed by atoms with Crippen LogP contribution >= 0.6 is 0 Å². The van der Waals surface area contributed by atoms with Crippen LogP contribution in [0.5, 0.6) is 0 Å². The van der Waals surface area contributed by atoms with Crippen molar-refractivity contribution < 1.29 is 0 Å². The lowest BCUT2D eigenvalue weighted by Crippen LogP contribution is -2.44. The summed E-state index contributed by atoms with van der Waals surface area (Å²) in [4.78, 5) is 0. The molecule has 1 fully saturated rings. The van der Waals surface area contributed by atoms with E-state index in [9.17, 15) is 0 Å². The van der Waals surface area contributed by atoms with E-state index in [0.717, 1.165) is 17.8 Å². The fourth-order valence-electron chi connectivity index (χ4n) is 12.8. The quantitative estimate of drug-likeness (QED) is 0.207. The van der Waals surface area contributed by atoms with Crippen LogP contribution in [-0.2, 0) is 0 Å². The first-order valence-corrected chi connectivity index (χ1v) is 22.0. The molecule has 9 aliphatic carbocycles. The van der Waals surface area contributed by atoms with Gasteiger partial charge in [-0.25, -0.2) is 0 Å². The first-order valence-electron chi connectivity index (χ1n) is 22.0. The minimum absolute atomic E-state index is 0.406. The molecule has 0 spiro atoms. The second-order valence-corrected chi connectivity index (χ2v) is 18.1. The highest BCUT2D eigenvalue weighted by Gasteiger charge is 2.42. The fourth-order valence-corrected chi connectivity index (χ4v) is 12.8. The molecule has 0 radical (unpaired) electrons. The van der Waals surface area contributed by atoms with Gasteiger partial charge in [0.25, 0.3) is 0 Å². The van der Waals surface area contributed by atoms with E-state index >= 15 is 0 Å². The Hall–Kier alpha value is -2.90. The lowest BCUT2D eigenvalue weighted by molar-refractivity contribution is 0.206. The zero-order valence-electron chi connectivity index (χ0n) is 32.2. The van der Waals surface area contributed by atoms with Gasteiger partial charge in [0.1, 0.15) is 0 Å². The summed E-state index contributed by atoms with van der Waals surface area (Å²) in [6, 6.07) is 0.866. The van der Waals surface area contributed by atoms with E-state index < -0.39 is 0 Å². The molecule has 0 aromatic carbocycles. The van der Waals surface area contributed by atoms with Crippen molar-refractivity contribution in [2.45, 2.75) is 135 Å². The van der Waals surface area contributed by atoms with E-state index in [0.29, 0.717) is 41.7 Å². The second-order valence-electron chi connectivity index (χ2n) is 18.1. The summed E-state index contributed by atoms with van der Waals surface area (Å²) in [6.07, 6.45) is 60.9. The van der Waals surface area contributed by atoms with Gasteiger partial charge in [-0.1, -0.05) is 126 Å². The van der Waals surface area contributed by atoms with E-state index in [1.807, 2.05) is 11.1 Å². The molecule has 10 atom stereocenters. The summed E-state index contributed by atoms with van der Waals surface area (Å²) in [5, 5.41) is 4.40. The topological polar surface area (TPSA) is 12.0 Å². The van der Waals surface area contributed by atoms with Gasteiger partial charge < -0.3 is 5.32 Å². The third kappa shape index (κ3) is 7.06. The fraction of sp³-hybridized carbons (Fsp3) is 0.569. The van der Waals surface area contributed by atoms with Crippen LogP contribution in [0, 0.1) is 47.3 Å². The zero-order chi connectivity index (χ0) is 34.9. The Bertz CT molecular complexity index is 1690. The molecule has 0 heterocycles. The van der Waals surface area contributed by atoms with Crippen molar-refractivity contribution in [3.05, 3.63) is 130 Å². The molecule has 9 rings (SSSR count). The van der Waals surface area contributed by atoms with Crippen LogP contribution < -0.4 is 5.32 Å². The van der Waals surface area contributed by atoms with E-state index in [-0.39, 0.29) is 0 Å². The highest BCUT2D eigenvalue weighted by Crippen LogP contribution is 2.54. The smallest absolute Gasteiger partial charge is 0.0365 e. The van der Waals surface area contributed by atoms with Crippen LogP contribution in [0.15, 0.2) is 130 Å². The first kappa shape index (κ1) is 34.8. The Morgan fingerprint density at radius 2 is 1.58 bits per heavy atom. The standard InChI is InChI=1S/C51H65N/c1-2-3-4-14-35-15-13-19-38(31-35)43-29-30-48(46-23-11-9-22-45(43)46)49-28-26-40(34-51(49)52-41-27-25-36-16-5-6-17-37(36)32-41)50-33-39-18-7-8-20-42(39)44-21-10-12-24-47(44)50/h2-4,6,11,13-15,17,19,23,25-28,35-37,39,41-43,45,50-52H,5,7-10,12,16,18,20-22,24,29-34H2,1H3/b3-2-,14-4+/t35?,36-,37?,39?,41?,42?,43?,45?,50?,51?/m1/s1.